The lowest BCUT2D eigenvalue weighted by molar-refractivity contribution is 0.550. The number of hydrogen-bond donors (Lipinski definition) is 1. The van der Waals surface area contributed by atoms with Crippen molar-refractivity contribution in [2.24, 2.45) is 0 Å². The molecule has 1 unspecified atom stereocenters. The van der Waals surface area contributed by atoms with Crippen LogP contribution in [0, 0.1) is 11.6 Å². The molecular weight excluding hydrogens is 314 g/mol. The minimum absolute atomic E-state index is 0.343. The van der Waals surface area contributed by atoms with Gasteiger partial charge in [-0.2, -0.15) is 0 Å². The molecule has 1 atom stereocenters. The monoisotopic (exact) mass is 326 g/mol. The van der Waals surface area contributed by atoms with Crippen LogP contribution in [0.2, 0.25) is 0 Å². The van der Waals surface area contributed by atoms with Gasteiger partial charge in [-0.1, -0.05) is 28.9 Å². The lowest BCUT2D eigenvalue weighted by Crippen LogP contribution is -2.23. The number of benzene rings is 1. The summed E-state index contributed by atoms with van der Waals surface area (Å²) in [6.45, 7) is 2.54. The van der Waals surface area contributed by atoms with Crippen LogP contribution in [0.25, 0.3) is 0 Å². The zero-order chi connectivity index (χ0) is 13.8. The van der Waals surface area contributed by atoms with E-state index in [4.69, 9.17) is 0 Å². The SMILES string of the molecule is CCNC(c1cncc(F)c1)c1c(F)cccc1Br. The van der Waals surface area contributed by atoms with E-state index in [1.807, 2.05) is 6.92 Å². The van der Waals surface area contributed by atoms with Crippen molar-refractivity contribution in [3.8, 4) is 0 Å². The van der Waals surface area contributed by atoms with Gasteiger partial charge in [-0.25, -0.2) is 8.78 Å². The molecule has 0 fully saturated rings. The molecule has 1 aromatic heterocycles. The van der Waals surface area contributed by atoms with Crippen molar-refractivity contribution in [2.45, 2.75) is 13.0 Å². The lowest BCUT2D eigenvalue weighted by Gasteiger charge is -2.20. The Labute approximate surface area is 119 Å². The second-order valence-corrected chi connectivity index (χ2v) is 4.92. The number of nitrogens with zero attached hydrogens (tertiary/aromatic N) is 1. The number of rotatable bonds is 4. The Hall–Kier alpha value is -1.33. The van der Waals surface area contributed by atoms with Crippen LogP contribution in [0.4, 0.5) is 8.78 Å². The van der Waals surface area contributed by atoms with Gasteiger partial charge in [-0.15, -0.1) is 0 Å². The van der Waals surface area contributed by atoms with Crippen LogP contribution in [0.1, 0.15) is 24.1 Å². The highest BCUT2D eigenvalue weighted by Gasteiger charge is 2.20. The molecule has 0 aliphatic heterocycles. The summed E-state index contributed by atoms with van der Waals surface area (Å²) in [5.74, 6) is -0.780. The molecule has 2 nitrogen and oxygen atoms in total. The summed E-state index contributed by atoms with van der Waals surface area (Å²) in [5.41, 5.74) is 1.05. The highest BCUT2D eigenvalue weighted by Crippen LogP contribution is 2.30. The Balaban J connectivity index is 2.51. The maximum Gasteiger partial charge on any atom is 0.141 e. The Kier molecular flexibility index (Phi) is 4.61. The topological polar surface area (TPSA) is 24.9 Å². The van der Waals surface area contributed by atoms with Crippen LogP contribution in [0.5, 0.6) is 0 Å². The van der Waals surface area contributed by atoms with Crippen molar-refractivity contribution < 1.29 is 8.78 Å². The highest BCUT2D eigenvalue weighted by atomic mass is 79.9. The van der Waals surface area contributed by atoms with Gasteiger partial charge in [-0.3, -0.25) is 4.98 Å². The smallest absolute Gasteiger partial charge is 0.141 e. The molecule has 0 radical (unpaired) electrons. The fraction of sp³-hybridized carbons (Fsp3) is 0.214. The first-order valence-corrected chi connectivity index (χ1v) is 6.70. The van der Waals surface area contributed by atoms with E-state index in [2.05, 4.69) is 26.2 Å². The molecule has 0 spiro atoms. The third kappa shape index (κ3) is 3.16. The number of nitrogens with one attached hydrogen (secondary N) is 1. The van der Waals surface area contributed by atoms with Gasteiger partial charge in [-0.05, 0) is 30.3 Å². The summed E-state index contributed by atoms with van der Waals surface area (Å²) in [7, 11) is 0. The predicted molar refractivity (Wildman–Crippen MR) is 73.8 cm³/mol. The lowest BCUT2D eigenvalue weighted by atomic mass is 9.99. The summed E-state index contributed by atoms with van der Waals surface area (Å²) >= 11 is 3.34. The molecule has 2 rings (SSSR count). The van der Waals surface area contributed by atoms with Crippen LogP contribution in [-0.4, -0.2) is 11.5 Å². The molecule has 0 saturated heterocycles. The third-order valence-corrected chi connectivity index (χ3v) is 3.45. The summed E-state index contributed by atoms with van der Waals surface area (Å²) in [6.07, 6.45) is 2.66. The number of pyridine rings is 1. The summed E-state index contributed by atoms with van der Waals surface area (Å²) in [4.78, 5) is 3.82. The van der Waals surface area contributed by atoms with Gasteiger partial charge in [0.1, 0.15) is 11.6 Å². The summed E-state index contributed by atoms with van der Waals surface area (Å²) in [5, 5.41) is 3.15. The van der Waals surface area contributed by atoms with Gasteiger partial charge >= 0.3 is 0 Å². The first kappa shape index (κ1) is 14.1. The van der Waals surface area contributed by atoms with Crippen molar-refractivity contribution in [2.75, 3.05) is 6.54 Å². The maximum atomic E-state index is 14.0. The standard InChI is InChI=1S/C14H13BrF2N2/c1-2-19-14(9-6-10(16)8-18-7-9)13-11(15)4-3-5-12(13)17/h3-8,14,19H,2H2,1H3. The number of halogens is 3. The van der Waals surface area contributed by atoms with Crippen molar-refractivity contribution in [3.63, 3.8) is 0 Å². The molecule has 5 heteroatoms. The zero-order valence-electron chi connectivity index (χ0n) is 10.3. The molecule has 0 aliphatic carbocycles. The zero-order valence-corrected chi connectivity index (χ0v) is 11.9. The molecule has 0 amide bonds. The Morgan fingerprint density at radius 1 is 1.32 bits per heavy atom. The molecule has 0 aliphatic rings. The van der Waals surface area contributed by atoms with E-state index in [9.17, 15) is 8.78 Å². The van der Waals surface area contributed by atoms with Crippen molar-refractivity contribution in [3.05, 3.63) is 63.9 Å². The first-order valence-electron chi connectivity index (χ1n) is 5.91. The molecule has 0 saturated carbocycles. The van der Waals surface area contributed by atoms with Gasteiger partial charge in [0.2, 0.25) is 0 Å². The normalized spacial score (nSPS) is 12.4. The molecule has 1 heterocycles. The minimum Gasteiger partial charge on any atom is -0.306 e. The van der Waals surface area contributed by atoms with Gasteiger partial charge < -0.3 is 5.32 Å². The average Bonchev–Trinajstić information content (AvgIpc) is 2.37. The van der Waals surface area contributed by atoms with Gasteiger partial charge in [0.15, 0.2) is 0 Å². The summed E-state index contributed by atoms with van der Waals surface area (Å²) < 4.78 is 28.0. The third-order valence-electron chi connectivity index (χ3n) is 2.76. The van der Waals surface area contributed by atoms with Crippen molar-refractivity contribution in [1.29, 1.82) is 0 Å². The molecule has 0 bridgehead atoms. The molecule has 1 N–H and O–H groups in total. The second-order valence-electron chi connectivity index (χ2n) is 4.06. The minimum atomic E-state index is -0.441. The molecule has 19 heavy (non-hydrogen) atoms. The Morgan fingerprint density at radius 2 is 2.11 bits per heavy atom. The van der Waals surface area contributed by atoms with E-state index in [-0.39, 0.29) is 5.82 Å². The van der Waals surface area contributed by atoms with Crippen molar-refractivity contribution >= 4 is 15.9 Å². The van der Waals surface area contributed by atoms with E-state index in [1.54, 1.807) is 12.1 Å². The largest absolute Gasteiger partial charge is 0.306 e. The molecule has 1 aromatic carbocycles. The second kappa shape index (κ2) is 6.21. The van der Waals surface area contributed by atoms with E-state index in [0.717, 1.165) is 6.20 Å². The quantitative estimate of drug-likeness (QED) is 0.923. The van der Waals surface area contributed by atoms with E-state index < -0.39 is 11.9 Å². The van der Waals surface area contributed by atoms with E-state index >= 15 is 0 Å². The fourth-order valence-electron chi connectivity index (χ4n) is 1.96. The fourth-order valence-corrected chi connectivity index (χ4v) is 2.53. The average molecular weight is 327 g/mol. The number of aromatic nitrogens is 1. The van der Waals surface area contributed by atoms with Crippen LogP contribution < -0.4 is 5.32 Å². The van der Waals surface area contributed by atoms with Crippen LogP contribution >= 0.6 is 15.9 Å². The molecule has 100 valence electrons. The summed E-state index contributed by atoms with van der Waals surface area (Å²) in [6, 6.07) is 5.69. The Bertz CT molecular complexity index is 555. The van der Waals surface area contributed by atoms with E-state index in [1.165, 1.54) is 18.3 Å². The Morgan fingerprint density at radius 3 is 2.74 bits per heavy atom. The molecule has 2 aromatic rings. The maximum absolute atomic E-state index is 14.0. The van der Waals surface area contributed by atoms with Crippen LogP contribution in [0.15, 0.2) is 41.1 Å². The number of hydrogen-bond acceptors (Lipinski definition) is 2. The van der Waals surface area contributed by atoms with Crippen LogP contribution in [0.3, 0.4) is 0 Å². The van der Waals surface area contributed by atoms with Crippen molar-refractivity contribution in [1.82, 2.24) is 10.3 Å². The predicted octanol–water partition coefficient (Wildman–Crippen LogP) is 3.82. The van der Waals surface area contributed by atoms with Gasteiger partial charge in [0.05, 0.1) is 12.2 Å². The van der Waals surface area contributed by atoms with Gasteiger partial charge in [0.25, 0.3) is 0 Å². The van der Waals surface area contributed by atoms with E-state index in [0.29, 0.717) is 22.1 Å². The highest BCUT2D eigenvalue weighted by molar-refractivity contribution is 9.10. The molecular formula is C14H13BrF2N2. The first-order chi connectivity index (χ1) is 9.13. The van der Waals surface area contributed by atoms with Crippen LogP contribution in [-0.2, 0) is 0 Å². The van der Waals surface area contributed by atoms with Gasteiger partial charge in [0, 0.05) is 16.2 Å².